The Hall–Kier alpha value is 0. The minimum absolute atomic E-state index is 0. The third kappa shape index (κ3) is 4.59. The van der Waals surface area contributed by atoms with Gasteiger partial charge in [-0.25, -0.2) is 0 Å². The van der Waals surface area contributed by atoms with Gasteiger partial charge in [0.2, 0.25) is 0 Å². The molecule has 3 nitrogen and oxygen atoms in total. The highest BCUT2D eigenvalue weighted by Gasteiger charge is 2.23. The van der Waals surface area contributed by atoms with Gasteiger partial charge in [-0.3, -0.25) is 4.99 Å². The number of hydrogen-bond acceptors (Lipinski definition) is 1. The van der Waals surface area contributed by atoms with Crippen LogP contribution in [-0.2, 0) is 0 Å². The number of rotatable bonds is 3. The van der Waals surface area contributed by atoms with E-state index in [0.29, 0.717) is 12.1 Å². The lowest BCUT2D eigenvalue weighted by Gasteiger charge is -2.33. The van der Waals surface area contributed by atoms with Crippen molar-refractivity contribution >= 4 is 29.9 Å². The fourth-order valence-corrected chi connectivity index (χ4v) is 2.90. The Morgan fingerprint density at radius 3 is 2.22 bits per heavy atom. The molecular formula is C14H28IN3. The molecule has 2 atom stereocenters. The summed E-state index contributed by atoms with van der Waals surface area (Å²) >= 11 is 0. The van der Waals surface area contributed by atoms with Gasteiger partial charge in [0, 0.05) is 19.1 Å². The second-order valence-corrected chi connectivity index (χ2v) is 5.63. The maximum Gasteiger partial charge on any atom is 0.191 e. The lowest BCUT2D eigenvalue weighted by atomic mass is 9.84. The first-order chi connectivity index (χ1) is 8.31. The number of halogens is 1. The van der Waals surface area contributed by atoms with Gasteiger partial charge in [-0.1, -0.05) is 26.2 Å². The molecule has 0 aliphatic heterocycles. The quantitative estimate of drug-likeness (QED) is 0.458. The Morgan fingerprint density at radius 2 is 1.67 bits per heavy atom. The molecule has 0 aromatic carbocycles. The minimum Gasteiger partial charge on any atom is -0.354 e. The number of hydrogen-bond donors (Lipinski definition) is 2. The summed E-state index contributed by atoms with van der Waals surface area (Å²) in [4.78, 5) is 4.35. The molecule has 2 fully saturated rings. The van der Waals surface area contributed by atoms with Crippen molar-refractivity contribution in [2.75, 3.05) is 7.05 Å². The second kappa shape index (κ2) is 8.23. The van der Waals surface area contributed by atoms with Crippen LogP contribution < -0.4 is 10.6 Å². The third-order valence-electron chi connectivity index (χ3n) is 4.37. The van der Waals surface area contributed by atoms with Gasteiger partial charge in [0.25, 0.3) is 0 Å². The van der Waals surface area contributed by atoms with Crippen LogP contribution in [0.15, 0.2) is 4.99 Å². The SMILES string of the molecule is CCC1CCCC(NC(=NC)NC2CCC2)C1.I. The molecule has 2 rings (SSSR count). The number of aliphatic imine (C=N–C) groups is 1. The van der Waals surface area contributed by atoms with Crippen molar-refractivity contribution in [3.63, 3.8) is 0 Å². The zero-order valence-electron chi connectivity index (χ0n) is 11.7. The van der Waals surface area contributed by atoms with Crippen molar-refractivity contribution in [2.45, 2.75) is 70.4 Å². The molecule has 2 saturated carbocycles. The van der Waals surface area contributed by atoms with Crippen LogP contribution in [0.1, 0.15) is 58.3 Å². The van der Waals surface area contributed by atoms with Gasteiger partial charge in [-0.2, -0.15) is 0 Å². The molecule has 0 spiro atoms. The minimum atomic E-state index is 0. The summed E-state index contributed by atoms with van der Waals surface area (Å²) in [7, 11) is 1.88. The van der Waals surface area contributed by atoms with Crippen molar-refractivity contribution < 1.29 is 0 Å². The molecule has 0 heterocycles. The molecule has 0 aromatic heterocycles. The van der Waals surface area contributed by atoms with E-state index in [-0.39, 0.29) is 24.0 Å². The molecule has 0 saturated heterocycles. The van der Waals surface area contributed by atoms with Crippen LogP contribution in [0.3, 0.4) is 0 Å². The van der Waals surface area contributed by atoms with E-state index >= 15 is 0 Å². The maximum absolute atomic E-state index is 4.35. The fraction of sp³-hybridized carbons (Fsp3) is 0.929. The topological polar surface area (TPSA) is 36.4 Å². The van der Waals surface area contributed by atoms with Crippen LogP contribution in [0.5, 0.6) is 0 Å². The molecule has 18 heavy (non-hydrogen) atoms. The Bertz CT molecular complexity index is 264. The van der Waals surface area contributed by atoms with E-state index < -0.39 is 0 Å². The highest BCUT2D eigenvalue weighted by atomic mass is 127. The zero-order chi connectivity index (χ0) is 12.1. The molecule has 0 bridgehead atoms. The molecule has 2 aliphatic carbocycles. The largest absolute Gasteiger partial charge is 0.354 e. The van der Waals surface area contributed by atoms with E-state index in [4.69, 9.17) is 0 Å². The van der Waals surface area contributed by atoms with Crippen LogP contribution >= 0.6 is 24.0 Å². The number of guanidine groups is 1. The van der Waals surface area contributed by atoms with Gasteiger partial charge in [0.05, 0.1) is 0 Å². The first-order valence-electron chi connectivity index (χ1n) is 7.31. The maximum atomic E-state index is 4.35. The second-order valence-electron chi connectivity index (χ2n) is 5.63. The molecule has 0 aromatic rings. The first kappa shape index (κ1) is 16.1. The predicted molar refractivity (Wildman–Crippen MR) is 88.7 cm³/mol. The number of nitrogens with one attached hydrogen (secondary N) is 2. The summed E-state index contributed by atoms with van der Waals surface area (Å²) in [6.07, 6.45) is 10.7. The van der Waals surface area contributed by atoms with Crippen LogP contribution in [0.4, 0.5) is 0 Å². The zero-order valence-corrected chi connectivity index (χ0v) is 14.1. The Balaban J connectivity index is 0.00000162. The highest BCUT2D eigenvalue weighted by molar-refractivity contribution is 14.0. The molecule has 0 amide bonds. The molecule has 2 N–H and O–H groups in total. The van der Waals surface area contributed by atoms with Crippen molar-refractivity contribution in [3.8, 4) is 0 Å². The van der Waals surface area contributed by atoms with Crippen molar-refractivity contribution in [3.05, 3.63) is 0 Å². The van der Waals surface area contributed by atoms with E-state index in [0.717, 1.165) is 11.9 Å². The van der Waals surface area contributed by atoms with Gasteiger partial charge < -0.3 is 10.6 Å². The molecule has 2 aliphatic rings. The van der Waals surface area contributed by atoms with Crippen LogP contribution in [0.25, 0.3) is 0 Å². The smallest absolute Gasteiger partial charge is 0.191 e. The summed E-state index contributed by atoms with van der Waals surface area (Å²) < 4.78 is 0. The van der Waals surface area contributed by atoms with E-state index in [2.05, 4.69) is 22.5 Å². The Labute approximate surface area is 129 Å². The van der Waals surface area contributed by atoms with Gasteiger partial charge in [0.15, 0.2) is 5.96 Å². The van der Waals surface area contributed by atoms with E-state index in [1.807, 2.05) is 7.05 Å². The Morgan fingerprint density at radius 1 is 1.06 bits per heavy atom. The highest BCUT2D eigenvalue weighted by Crippen LogP contribution is 2.26. The summed E-state index contributed by atoms with van der Waals surface area (Å²) in [5, 5.41) is 7.13. The normalized spacial score (nSPS) is 29.1. The van der Waals surface area contributed by atoms with E-state index in [1.165, 1.54) is 51.4 Å². The van der Waals surface area contributed by atoms with Crippen LogP contribution in [-0.4, -0.2) is 25.1 Å². The predicted octanol–water partition coefficient (Wildman–Crippen LogP) is 3.29. The van der Waals surface area contributed by atoms with Gasteiger partial charge >= 0.3 is 0 Å². The van der Waals surface area contributed by atoms with Crippen LogP contribution in [0.2, 0.25) is 0 Å². The molecular weight excluding hydrogens is 337 g/mol. The lowest BCUT2D eigenvalue weighted by molar-refractivity contribution is 0.295. The lowest BCUT2D eigenvalue weighted by Crippen LogP contribution is -2.50. The summed E-state index contributed by atoms with van der Waals surface area (Å²) in [6.45, 7) is 2.31. The number of nitrogens with zero attached hydrogens (tertiary/aromatic N) is 1. The van der Waals surface area contributed by atoms with Gasteiger partial charge in [-0.15, -0.1) is 24.0 Å². The van der Waals surface area contributed by atoms with Crippen LogP contribution in [0, 0.1) is 5.92 Å². The molecule has 106 valence electrons. The molecule has 4 heteroatoms. The monoisotopic (exact) mass is 365 g/mol. The molecule has 0 radical (unpaired) electrons. The summed E-state index contributed by atoms with van der Waals surface area (Å²) in [6, 6.07) is 1.31. The van der Waals surface area contributed by atoms with Gasteiger partial charge in [0.1, 0.15) is 0 Å². The molecule has 2 unspecified atom stereocenters. The summed E-state index contributed by atoms with van der Waals surface area (Å²) in [5.41, 5.74) is 0. The van der Waals surface area contributed by atoms with Crippen molar-refractivity contribution in [2.24, 2.45) is 10.9 Å². The first-order valence-corrected chi connectivity index (χ1v) is 7.31. The van der Waals surface area contributed by atoms with E-state index in [1.54, 1.807) is 0 Å². The van der Waals surface area contributed by atoms with E-state index in [9.17, 15) is 0 Å². The average Bonchev–Trinajstić information content (AvgIpc) is 2.32. The average molecular weight is 365 g/mol. The van der Waals surface area contributed by atoms with Crippen molar-refractivity contribution in [1.29, 1.82) is 0 Å². The van der Waals surface area contributed by atoms with Gasteiger partial charge in [-0.05, 0) is 38.0 Å². The third-order valence-corrected chi connectivity index (χ3v) is 4.37. The summed E-state index contributed by atoms with van der Waals surface area (Å²) in [5.74, 6) is 1.94. The Kier molecular flexibility index (Phi) is 7.34. The fourth-order valence-electron chi connectivity index (χ4n) is 2.90. The van der Waals surface area contributed by atoms with Crippen molar-refractivity contribution in [1.82, 2.24) is 10.6 Å². The standard InChI is InChI=1S/C14H27N3.HI/c1-3-11-6-4-9-13(10-11)17-14(15-2)16-12-7-5-8-12;/h11-13H,3-10H2,1-2H3,(H2,15,16,17);1H.